The van der Waals surface area contributed by atoms with Gasteiger partial charge in [-0.15, -0.1) is 11.8 Å². The lowest BCUT2D eigenvalue weighted by Gasteiger charge is -2.19. The van der Waals surface area contributed by atoms with Gasteiger partial charge < -0.3 is 19.5 Å². The molecule has 1 unspecified atom stereocenters. The van der Waals surface area contributed by atoms with Gasteiger partial charge >= 0.3 is 0 Å². The van der Waals surface area contributed by atoms with Crippen molar-refractivity contribution in [2.24, 2.45) is 0 Å². The van der Waals surface area contributed by atoms with Crippen LogP contribution >= 0.6 is 11.8 Å². The molecule has 3 rings (SSSR count). The van der Waals surface area contributed by atoms with Crippen LogP contribution in [0.25, 0.3) is 0 Å². The van der Waals surface area contributed by atoms with Crippen LogP contribution in [-0.2, 0) is 4.79 Å². The largest absolute Gasteiger partial charge is 0.491 e. The summed E-state index contributed by atoms with van der Waals surface area (Å²) in [6, 6.07) is 13.5. The lowest BCUT2D eigenvalue weighted by Crippen LogP contribution is -2.28. The Kier molecular flexibility index (Phi) is 6.50. The van der Waals surface area contributed by atoms with Crippen molar-refractivity contribution in [2.45, 2.75) is 37.8 Å². The van der Waals surface area contributed by atoms with Crippen LogP contribution in [-0.4, -0.2) is 31.0 Å². The quantitative estimate of drug-likeness (QED) is 0.721. The van der Waals surface area contributed by atoms with E-state index in [-0.39, 0.29) is 18.1 Å². The van der Waals surface area contributed by atoms with E-state index >= 15 is 0 Å². The predicted molar refractivity (Wildman–Crippen MR) is 107 cm³/mol. The molecule has 0 saturated carbocycles. The molecule has 0 saturated heterocycles. The van der Waals surface area contributed by atoms with Gasteiger partial charge in [0.05, 0.1) is 17.9 Å². The smallest absolute Gasteiger partial charge is 0.230 e. The minimum atomic E-state index is -0.0635. The Labute approximate surface area is 164 Å². The lowest BCUT2D eigenvalue weighted by molar-refractivity contribution is -0.119. The van der Waals surface area contributed by atoms with Crippen LogP contribution in [0, 0.1) is 0 Å². The summed E-state index contributed by atoms with van der Waals surface area (Å²) in [5.74, 6) is 2.67. The summed E-state index contributed by atoms with van der Waals surface area (Å²) in [5.41, 5.74) is 1.05. The molecule has 144 valence electrons. The summed E-state index contributed by atoms with van der Waals surface area (Å²) in [6.07, 6.45) is 0.144. The minimum absolute atomic E-state index is 0.00936. The Morgan fingerprint density at radius 3 is 2.48 bits per heavy atom. The zero-order valence-electron chi connectivity index (χ0n) is 15.9. The SMILES string of the molecule is CC(C)Oc1ccc(C(C)NC(=O)CSc2ccc3c(c2)OCCO3)cc1. The molecule has 1 atom stereocenters. The molecule has 1 amide bonds. The van der Waals surface area contributed by atoms with E-state index in [1.807, 2.05) is 63.2 Å². The van der Waals surface area contributed by atoms with Crippen molar-refractivity contribution >= 4 is 17.7 Å². The number of fused-ring (bicyclic) bond motifs is 1. The number of rotatable bonds is 7. The van der Waals surface area contributed by atoms with Gasteiger partial charge in [-0.2, -0.15) is 0 Å². The molecule has 2 aromatic carbocycles. The molecule has 1 aliphatic rings. The van der Waals surface area contributed by atoms with Crippen LogP contribution in [0.1, 0.15) is 32.4 Å². The zero-order valence-corrected chi connectivity index (χ0v) is 16.7. The number of thioether (sulfide) groups is 1. The molecule has 0 bridgehead atoms. The van der Waals surface area contributed by atoms with Gasteiger partial charge in [-0.25, -0.2) is 0 Å². The summed E-state index contributed by atoms with van der Waals surface area (Å²) >= 11 is 1.48. The third-order valence-corrected chi connectivity index (χ3v) is 5.01. The van der Waals surface area contributed by atoms with Gasteiger partial charge in [-0.1, -0.05) is 12.1 Å². The number of hydrogen-bond acceptors (Lipinski definition) is 5. The van der Waals surface area contributed by atoms with E-state index in [2.05, 4.69) is 5.32 Å². The molecule has 2 aromatic rings. The van der Waals surface area contributed by atoms with Crippen molar-refractivity contribution in [3.05, 3.63) is 48.0 Å². The highest BCUT2D eigenvalue weighted by atomic mass is 32.2. The van der Waals surface area contributed by atoms with Crippen molar-refractivity contribution < 1.29 is 19.0 Å². The summed E-state index contributed by atoms with van der Waals surface area (Å²) in [4.78, 5) is 13.3. The topological polar surface area (TPSA) is 56.8 Å². The number of carbonyl (C=O) groups excluding carboxylic acids is 1. The third kappa shape index (κ3) is 5.57. The first-order chi connectivity index (χ1) is 13.0. The first kappa shape index (κ1) is 19.4. The molecule has 0 fully saturated rings. The standard InChI is InChI=1S/C21H25NO4S/c1-14(2)26-17-6-4-16(5-7-17)15(3)22-21(23)13-27-18-8-9-19-20(12-18)25-11-10-24-19/h4-9,12,14-15H,10-11,13H2,1-3H3,(H,22,23). The Morgan fingerprint density at radius 1 is 1.07 bits per heavy atom. The van der Waals surface area contributed by atoms with Gasteiger partial charge in [-0.05, 0) is 56.7 Å². The molecule has 0 spiro atoms. The first-order valence-electron chi connectivity index (χ1n) is 9.09. The van der Waals surface area contributed by atoms with Gasteiger partial charge in [0.25, 0.3) is 0 Å². The van der Waals surface area contributed by atoms with Crippen LogP contribution in [0.4, 0.5) is 0 Å². The average Bonchev–Trinajstić information content (AvgIpc) is 2.66. The number of hydrogen-bond donors (Lipinski definition) is 1. The fourth-order valence-corrected chi connectivity index (χ4v) is 3.47. The van der Waals surface area contributed by atoms with Crippen LogP contribution in [0.2, 0.25) is 0 Å². The van der Waals surface area contributed by atoms with Gasteiger partial charge in [0, 0.05) is 4.90 Å². The van der Waals surface area contributed by atoms with Crippen molar-refractivity contribution in [3.8, 4) is 17.2 Å². The molecule has 6 heteroatoms. The monoisotopic (exact) mass is 387 g/mol. The van der Waals surface area contributed by atoms with E-state index < -0.39 is 0 Å². The molecule has 1 aliphatic heterocycles. The maximum Gasteiger partial charge on any atom is 0.230 e. The predicted octanol–water partition coefficient (Wildman–Crippen LogP) is 4.21. The van der Waals surface area contributed by atoms with E-state index in [0.29, 0.717) is 19.0 Å². The highest BCUT2D eigenvalue weighted by molar-refractivity contribution is 8.00. The highest BCUT2D eigenvalue weighted by Gasteiger charge is 2.14. The average molecular weight is 388 g/mol. The molecule has 0 aromatic heterocycles. The van der Waals surface area contributed by atoms with Crippen molar-refractivity contribution in [2.75, 3.05) is 19.0 Å². The molecule has 0 aliphatic carbocycles. The maximum absolute atomic E-state index is 12.3. The van der Waals surface area contributed by atoms with Gasteiger partial charge in [0.2, 0.25) is 5.91 Å². The number of amides is 1. The van der Waals surface area contributed by atoms with Crippen molar-refractivity contribution in [1.29, 1.82) is 0 Å². The van der Waals surface area contributed by atoms with E-state index in [0.717, 1.165) is 27.7 Å². The number of nitrogens with one attached hydrogen (secondary N) is 1. The van der Waals surface area contributed by atoms with Gasteiger partial charge in [0.15, 0.2) is 11.5 Å². The van der Waals surface area contributed by atoms with E-state index in [1.165, 1.54) is 11.8 Å². The van der Waals surface area contributed by atoms with E-state index in [1.54, 1.807) is 0 Å². The molecular formula is C21H25NO4S. The number of ether oxygens (including phenoxy) is 3. The van der Waals surface area contributed by atoms with E-state index in [9.17, 15) is 4.79 Å². The molecule has 0 radical (unpaired) electrons. The second kappa shape index (κ2) is 9.04. The normalized spacial score (nSPS) is 13.9. The van der Waals surface area contributed by atoms with Crippen LogP contribution in [0.15, 0.2) is 47.4 Å². The summed E-state index contributed by atoms with van der Waals surface area (Å²) in [6.45, 7) is 7.10. The second-order valence-electron chi connectivity index (χ2n) is 6.62. The van der Waals surface area contributed by atoms with Crippen LogP contribution in [0.5, 0.6) is 17.2 Å². The van der Waals surface area contributed by atoms with Crippen molar-refractivity contribution in [3.63, 3.8) is 0 Å². The number of benzene rings is 2. The van der Waals surface area contributed by atoms with Crippen molar-refractivity contribution in [1.82, 2.24) is 5.32 Å². The Balaban J connectivity index is 1.50. The summed E-state index contributed by atoms with van der Waals surface area (Å²) in [7, 11) is 0. The minimum Gasteiger partial charge on any atom is -0.491 e. The molecule has 27 heavy (non-hydrogen) atoms. The van der Waals surface area contributed by atoms with Gasteiger partial charge in [-0.3, -0.25) is 4.79 Å². The Bertz CT molecular complexity index is 776. The molecular weight excluding hydrogens is 362 g/mol. The summed E-state index contributed by atoms with van der Waals surface area (Å²) in [5, 5.41) is 3.03. The lowest BCUT2D eigenvalue weighted by atomic mass is 10.1. The number of carbonyl (C=O) groups is 1. The Morgan fingerprint density at radius 2 is 1.78 bits per heavy atom. The Hall–Kier alpha value is -2.34. The second-order valence-corrected chi connectivity index (χ2v) is 7.67. The van der Waals surface area contributed by atoms with Crippen LogP contribution < -0.4 is 19.5 Å². The molecule has 1 N–H and O–H groups in total. The zero-order chi connectivity index (χ0) is 19.2. The fourth-order valence-electron chi connectivity index (χ4n) is 2.74. The highest BCUT2D eigenvalue weighted by Crippen LogP contribution is 2.34. The van der Waals surface area contributed by atoms with Crippen LogP contribution in [0.3, 0.4) is 0 Å². The summed E-state index contributed by atoms with van der Waals surface area (Å²) < 4.78 is 16.7. The maximum atomic E-state index is 12.3. The third-order valence-electron chi connectivity index (χ3n) is 4.01. The molecule has 1 heterocycles. The fraction of sp³-hybridized carbons (Fsp3) is 0.381. The van der Waals surface area contributed by atoms with Gasteiger partial charge in [0.1, 0.15) is 19.0 Å². The first-order valence-corrected chi connectivity index (χ1v) is 10.1. The molecule has 5 nitrogen and oxygen atoms in total. The van der Waals surface area contributed by atoms with E-state index in [4.69, 9.17) is 14.2 Å².